The topological polar surface area (TPSA) is 45.2 Å². The number of nitrogens with one attached hydrogen (secondary N) is 1. The van der Waals surface area contributed by atoms with Crippen LogP contribution in [0.15, 0.2) is 48.5 Å². The van der Waals surface area contributed by atoms with Gasteiger partial charge < -0.3 is 10.2 Å². The van der Waals surface area contributed by atoms with Crippen LogP contribution in [-0.4, -0.2) is 24.0 Å². The Morgan fingerprint density at radius 2 is 1.88 bits per heavy atom. The minimum atomic E-state index is -0.332. The molecule has 1 fully saturated rings. The van der Waals surface area contributed by atoms with Crippen molar-refractivity contribution in [2.24, 2.45) is 0 Å². The van der Waals surface area contributed by atoms with Crippen LogP contribution in [-0.2, 0) is 0 Å². The highest BCUT2D eigenvalue weighted by Gasteiger charge is 2.18. The summed E-state index contributed by atoms with van der Waals surface area (Å²) in [4.78, 5) is 19.6. The minimum Gasteiger partial charge on any atom is -0.370 e. The molecule has 0 saturated carbocycles. The van der Waals surface area contributed by atoms with Gasteiger partial charge in [-0.2, -0.15) is 0 Å². The molecule has 1 aliphatic heterocycles. The highest BCUT2D eigenvalue weighted by atomic mass is 19.1. The van der Waals surface area contributed by atoms with Gasteiger partial charge in [-0.3, -0.25) is 9.78 Å². The molecule has 0 unspecified atom stereocenters. The first kappa shape index (κ1) is 16.5. The predicted octanol–water partition coefficient (Wildman–Crippen LogP) is 4.53. The number of pyridine rings is 1. The third-order valence-electron chi connectivity index (χ3n) is 4.81. The van der Waals surface area contributed by atoms with Gasteiger partial charge in [-0.1, -0.05) is 12.1 Å². The number of amides is 1. The first-order chi connectivity index (χ1) is 12.6. The lowest BCUT2D eigenvalue weighted by Crippen LogP contribution is -2.21. The average molecular weight is 349 g/mol. The molecule has 4 rings (SSSR count). The maximum absolute atomic E-state index is 13.4. The van der Waals surface area contributed by atoms with E-state index in [1.807, 2.05) is 24.3 Å². The highest BCUT2D eigenvalue weighted by Crippen LogP contribution is 2.29. The molecule has 2 heterocycles. The number of hydrogen-bond acceptors (Lipinski definition) is 3. The molecular weight excluding hydrogens is 329 g/mol. The molecule has 0 aliphatic carbocycles. The number of nitrogens with zero attached hydrogens (tertiary/aromatic N) is 2. The van der Waals surface area contributed by atoms with Crippen LogP contribution >= 0.6 is 0 Å². The number of para-hydroxylation sites is 2. The van der Waals surface area contributed by atoms with E-state index in [4.69, 9.17) is 0 Å². The van der Waals surface area contributed by atoms with Gasteiger partial charge in [0.2, 0.25) is 0 Å². The number of hydrogen-bond donors (Lipinski definition) is 1. The number of carbonyl (C=O) groups is 1. The summed E-state index contributed by atoms with van der Waals surface area (Å²) in [5.74, 6) is -0.533. The molecule has 2 aromatic carbocycles. The van der Waals surface area contributed by atoms with Gasteiger partial charge in [0, 0.05) is 24.5 Å². The molecule has 1 saturated heterocycles. The third-order valence-corrected chi connectivity index (χ3v) is 4.81. The van der Waals surface area contributed by atoms with Crippen molar-refractivity contribution in [3.05, 3.63) is 65.6 Å². The average Bonchev–Trinajstić information content (AvgIpc) is 3.16. The summed E-state index contributed by atoms with van der Waals surface area (Å²) >= 11 is 0. The number of halogens is 1. The summed E-state index contributed by atoms with van der Waals surface area (Å²) in [7, 11) is 0. The van der Waals surface area contributed by atoms with Crippen LogP contribution in [0.2, 0.25) is 0 Å². The molecule has 0 radical (unpaired) electrons. The Balaban J connectivity index is 1.66. The van der Waals surface area contributed by atoms with Crippen molar-refractivity contribution >= 4 is 28.2 Å². The Morgan fingerprint density at radius 1 is 1.12 bits per heavy atom. The zero-order valence-corrected chi connectivity index (χ0v) is 14.6. The number of fused-ring (bicyclic) bond motifs is 1. The van der Waals surface area contributed by atoms with Crippen LogP contribution in [0.1, 0.15) is 28.9 Å². The van der Waals surface area contributed by atoms with E-state index in [1.54, 1.807) is 19.1 Å². The first-order valence-electron chi connectivity index (χ1n) is 8.84. The first-order valence-corrected chi connectivity index (χ1v) is 8.84. The summed E-state index contributed by atoms with van der Waals surface area (Å²) in [6.45, 7) is 3.79. The smallest absolute Gasteiger partial charge is 0.257 e. The van der Waals surface area contributed by atoms with Gasteiger partial charge in [0.05, 0.1) is 28.1 Å². The van der Waals surface area contributed by atoms with Crippen molar-refractivity contribution in [2.45, 2.75) is 19.8 Å². The second-order valence-corrected chi connectivity index (χ2v) is 6.62. The Morgan fingerprint density at radius 3 is 2.69 bits per heavy atom. The predicted molar refractivity (Wildman–Crippen MR) is 102 cm³/mol. The zero-order chi connectivity index (χ0) is 18.1. The largest absolute Gasteiger partial charge is 0.370 e. The fourth-order valence-corrected chi connectivity index (χ4v) is 3.47. The fraction of sp³-hybridized carbons (Fsp3) is 0.238. The van der Waals surface area contributed by atoms with Crippen LogP contribution in [0, 0.1) is 12.7 Å². The number of benzene rings is 2. The number of rotatable bonds is 3. The monoisotopic (exact) mass is 349 g/mol. The molecule has 1 aliphatic rings. The van der Waals surface area contributed by atoms with Crippen LogP contribution in [0.4, 0.5) is 15.8 Å². The lowest BCUT2D eigenvalue weighted by Gasteiger charge is -2.21. The molecule has 0 bridgehead atoms. The van der Waals surface area contributed by atoms with Crippen LogP contribution in [0.25, 0.3) is 10.9 Å². The van der Waals surface area contributed by atoms with E-state index in [0.29, 0.717) is 16.8 Å². The van der Waals surface area contributed by atoms with Gasteiger partial charge in [0.1, 0.15) is 5.82 Å². The third kappa shape index (κ3) is 3.12. The van der Waals surface area contributed by atoms with Gasteiger partial charge >= 0.3 is 0 Å². The molecule has 132 valence electrons. The summed E-state index contributed by atoms with van der Waals surface area (Å²) in [6, 6.07) is 14.0. The zero-order valence-electron chi connectivity index (χ0n) is 14.6. The van der Waals surface area contributed by atoms with E-state index in [1.165, 1.54) is 25.0 Å². The van der Waals surface area contributed by atoms with Gasteiger partial charge in [-0.25, -0.2) is 4.39 Å². The fourth-order valence-electron chi connectivity index (χ4n) is 3.47. The number of anilines is 2. The van der Waals surface area contributed by atoms with E-state index in [-0.39, 0.29) is 11.7 Å². The molecule has 1 amide bonds. The molecule has 1 N–H and O–H groups in total. The van der Waals surface area contributed by atoms with Crippen molar-refractivity contribution in [1.82, 2.24) is 4.98 Å². The van der Waals surface area contributed by atoms with E-state index in [9.17, 15) is 9.18 Å². The Hall–Kier alpha value is -2.95. The number of carbonyl (C=O) groups excluding carboxylic acids is 1. The molecular formula is C21H20FN3O. The minimum absolute atomic E-state index is 0.201. The van der Waals surface area contributed by atoms with Crippen LogP contribution < -0.4 is 10.2 Å². The quantitative estimate of drug-likeness (QED) is 0.755. The van der Waals surface area contributed by atoms with Gasteiger partial charge in [0.15, 0.2) is 0 Å². The molecule has 5 heteroatoms. The van der Waals surface area contributed by atoms with Crippen molar-refractivity contribution < 1.29 is 9.18 Å². The molecule has 0 spiro atoms. The van der Waals surface area contributed by atoms with E-state index in [2.05, 4.69) is 15.2 Å². The molecule has 1 aromatic heterocycles. The molecule has 4 nitrogen and oxygen atoms in total. The standard InChI is InChI=1S/C21H20FN3O/c1-14-17(12-15-8-9-16(22)13-19(15)23-14)21(26)24-18-6-2-3-7-20(18)25-10-4-5-11-25/h2-3,6-9,12-13H,4-5,10-11H2,1H3,(H,24,26). The van der Waals surface area contributed by atoms with E-state index in [0.717, 1.165) is 29.9 Å². The number of aromatic nitrogens is 1. The summed E-state index contributed by atoms with van der Waals surface area (Å²) in [6.07, 6.45) is 2.35. The SMILES string of the molecule is Cc1nc2cc(F)ccc2cc1C(=O)Nc1ccccc1N1CCCC1. The van der Waals surface area contributed by atoms with Crippen molar-refractivity contribution in [1.29, 1.82) is 0 Å². The van der Waals surface area contributed by atoms with E-state index < -0.39 is 0 Å². The summed E-state index contributed by atoms with van der Waals surface area (Å²) in [5, 5.41) is 3.77. The lowest BCUT2D eigenvalue weighted by molar-refractivity contribution is 0.102. The molecule has 3 aromatic rings. The maximum atomic E-state index is 13.4. The Labute approximate surface area is 151 Å². The van der Waals surface area contributed by atoms with Gasteiger partial charge in [-0.15, -0.1) is 0 Å². The van der Waals surface area contributed by atoms with Crippen molar-refractivity contribution in [3.8, 4) is 0 Å². The molecule has 26 heavy (non-hydrogen) atoms. The normalized spacial score (nSPS) is 14.0. The molecule has 0 atom stereocenters. The van der Waals surface area contributed by atoms with Gasteiger partial charge in [-0.05, 0) is 50.1 Å². The van der Waals surface area contributed by atoms with Crippen molar-refractivity contribution in [2.75, 3.05) is 23.3 Å². The van der Waals surface area contributed by atoms with Crippen LogP contribution in [0.3, 0.4) is 0 Å². The second-order valence-electron chi connectivity index (χ2n) is 6.62. The van der Waals surface area contributed by atoms with E-state index >= 15 is 0 Å². The van der Waals surface area contributed by atoms with Gasteiger partial charge in [0.25, 0.3) is 5.91 Å². The number of aryl methyl sites for hydroxylation is 1. The lowest BCUT2D eigenvalue weighted by atomic mass is 10.1. The summed E-state index contributed by atoms with van der Waals surface area (Å²) in [5.41, 5.74) is 3.49. The van der Waals surface area contributed by atoms with Crippen LogP contribution in [0.5, 0.6) is 0 Å². The van der Waals surface area contributed by atoms with Crippen molar-refractivity contribution in [3.63, 3.8) is 0 Å². The summed E-state index contributed by atoms with van der Waals surface area (Å²) < 4.78 is 13.4. The Kier molecular flexibility index (Phi) is 4.29. The highest BCUT2D eigenvalue weighted by molar-refractivity contribution is 6.08. The second kappa shape index (κ2) is 6.75. The maximum Gasteiger partial charge on any atom is 0.257 e. The Bertz CT molecular complexity index is 980.